The Balaban J connectivity index is 1.46. The summed E-state index contributed by atoms with van der Waals surface area (Å²) in [4.78, 5) is 13.2. The molecule has 2 aliphatic rings. The van der Waals surface area contributed by atoms with Gasteiger partial charge in [-0.15, -0.1) is 0 Å². The Labute approximate surface area is 186 Å². The van der Waals surface area contributed by atoms with Gasteiger partial charge in [0, 0.05) is 17.9 Å². The monoisotopic (exact) mass is 444 g/mol. The lowest BCUT2D eigenvalue weighted by atomic mass is 9.76. The van der Waals surface area contributed by atoms with E-state index in [9.17, 15) is 9.90 Å². The highest BCUT2D eigenvalue weighted by molar-refractivity contribution is 6.30. The van der Waals surface area contributed by atoms with Crippen LogP contribution in [-0.4, -0.2) is 43.4 Å². The summed E-state index contributed by atoms with van der Waals surface area (Å²) in [5.74, 6) is 0.346. The molecule has 0 spiro atoms. The number of fused-ring (bicyclic) bond motifs is 1. The number of halogens is 1. The van der Waals surface area contributed by atoms with Crippen LogP contribution < -0.4 is 9.47 Å². The molecule has 1 N–H and O–H groups in total. The molecule has 1 aliphatic carbocycles. The number of aliphatic hydroxyl groups excluding tert-OH is 1. The zero-order valence-corrected chi connectivity index (χ0v) is 18.2. The minimum absolute atomic E-state index is 0.132. The second kappa shape index (κ2) is 9.30. The fraction of sp³-hybridized carbons (Fsp3) is 0.375. The molecule has 1 saturated carbocycles. The van der Waals surface area contributed by atoms with E-state index < -0.39 is 18.1 Å². The van der Waals surface area contributed by atoms with Gasteiger partial charge in [-0.05, 0) is 35.4 Å². The van der Waals surface area contributed by atoms with Crippen LogP contribution in [0.15, 0.2) is 48.7 Å². The standard InChI is InChI=1S/C24H25ClO6/c1-28-20-8-5-15(9-21(20)29-2)18-13-31-22-11-17(10-19(26)23(22)24(18)27)30-12-14-3-6-16(25)7-4-14/h3-9,13,17,19,22-23,26H,10-12H2,1-2H3. The average Bonchev–Trinajstić information content (AvgIpc) is 2.78. The average molecular weight is 445 g/mol. The van der Waals surface area contributed by atoms with Crippen molar-refractivity contribution >= 4 is 23.0 Å². The quantitative estimate of drug-likeness (QED) is 0.725. The lowest BCUT2D eigenvalue weighted by molar-refractivity contribution is -0.141. The maximum atomic E-state index is 13.2. The van der Waals surface area contributed by atoms with E-state index >= 15 is 0 Å². The summed E-state index contributed by atoms with van der Waals surface area (Å²) in [5.41, 5.74) is 2.08. The number of hydrogen-bond donors (Lipinski definition) is 1. The molecule has 0 saturated heterocycles. The Bertz CT molecular complexity index is 971. The predicted octanol–water partition coefficient (Wildman–Crippen LogP) is 4.02. The van der Waals surface area contributed by atoms with Crippen molar-refractivity contribution in [1.82, 2.24) is 0 Å². The number of carbonyl (C=O) groups is 1. The normalized spacial score (nSPS) is 25.3. The van der Waals surface area contributed by atoms with E-state index in [0.717, 1.165) is 5.56 Å². The van der Waals surface area contributed by atoms with Crippen molar-refractivity contribution in [3.63, 3.8) is 0 Å². The number of hydrogen-bond acceptors (Lipinski definition) is 6. The maximum Gasteiger partial charge on any atom is 0.175 e. The lowest BCUT2D eigenvalue weighted by Gasteiger charge is -2.40. The van der Waals surface area contributed by atoms with Gasteiger partial charge >= 0.3 is 0 Å². The van der Waals surface area contributed by atoms with Crippen LogP contribution in [0.2, 0.25) is 5.02 Å². The summed E-state index contributed by atoms with van der Waals surface area (Å²) in [5, 5.41) is 11.4. The van der Waals surface area contributed by atoms with Crippen molar-refractivity contribution < 1.29 is 28.8 Å². The molecule has 7 heteroatoms. The van der Waals surface area contributed by atoms with E-state index in [0.29, 0.717) is 47.1 Å². The van der Waals surface area contributed by atoms with Crippen LogP contribution in [0.4, 0.5) is 0 Å². The number of allylic oxidation sites excluding steroid dienone is 1. The van der Waals surface area contributed by atoms with Crippen LogP contribution >= 0.6 is 11.6 Å². The number of ether oxygens (including phenoxy) is 4. The number of rotatable bonds is 6. The topological polar surface area (TPSA) is 74.2 Å². The van der Waals surface area contributed by atoms with E-state index in [1.165, 1.54) is 6.26 Å². The van der Waals surface area contributed by atoms with Gasteiger partial charge in [-0.2, -0.15) is 0 Å². The van der Waals surface area contributed by atoms with E-state index in [2.05, 4.69) is 0 Å². The molecular formula is C24H25ClO6. The lowest BCUT2D eigenvalue weighted by Crippen LogP contribution is -2.49. The van der Waals surface area contributed by atoms with Crippen molar-refractivity contribution in [2.45, 2.75) is 37.8 Å². The minimum atomic E-state index is -0.842. The molecule has 1 aliphatic heterocycles. The maximum absolute atomic E-state index is 13.2. The van der Waals surface area contributed by atoms with Crippen molar-refractivity contribution in [3.8, 4) is 11.5 Å². The predicted molar refractivity (Wildman–Crippen MR) is 116 cm³/mol. The van der Waals surface area contributed by atoms with Gasteiger partial charge in [0.1, 0.15) is 6.10 Å². The van der Waals surface area contributed by atoms with Crippen LogP contribution in [0.5, 0.6) is 11.5 Å². The van der Waals surface area contributed by atoms with Crippen molar-refractivity contribution in [3.05, 3.63) is 64.9 Å². The second-order valence-corrected chi connectivity index (χ2v) is 8.20. The largest absolute Gasteiger partial charge is 0.496 e. The number of aliphatic hydroxyl groups is 1. The molecule has 6 nitrogen and oxygen atoms in total. The first kappa shape index (κ1) is 21.7. The fourth-order valence-corrected chi connectivity index (χ4v) is 4.31. The summed E-state index contributed by atoms with van der Waals surface area (Å²) in [6, 6.07) is 12.7. The molecule has 2 aromatic rings. The van der Waals surface area contributed by atoms with Gasteiger partial charge in [-0.1, -0.05) is 29.8 Å². The number of benzene rings is 2. The Kier molecular flexibility index (Phi) is 6.51. The molecule has 164 valence electrons. The molecule has 2 aromatic carbocycles. The first-order valence-corrected chi connectivity index (χ1v) is 10.5. The summed E-state index contributed by atoms with van der Waals surface area (Å²) in [7, 11) is 3.10. The van der Waals surface area contributed by atoms with Gasteiger partial charge in [0.05, 0.1) is 50.8 Å². The summed E-state index contributed by atoms with van der Waals surface area (Å²) in [6.07, 6.45) is 0.940. The number of Topliss-reactive ketones (excluding diaryl/α,β-unsaturated/α-hetero) is 1. The van der Waals surface area contributed by atoms with E-state index in [-0.39, 0.29) is 11.9 Å². The van der Waals surface area contributed by atoms with Gasteiger partial charge in [-0.3, -0.25) is 4.79 Å². The highest BCUT2D eigenvalue weighted by Gasteiger charge is 2.46. The Hall–Kier alpha value is -2.54. The molecule has 31 heavy (non-hydrogen) atoms. The molecule has 1 heterocycles. The first-order chi connectivity index (χ1) is 15.0. The zero-order chi connectivity index (χ0) is 22.0. The fourth-order valence-electron chi connectivity index (χ4n) is 4.19. The first-order valence-electron chi connectivity index (χ1n) is 10.2. The highest BCUT2D eigenvalue weighted by Crippen LogP contribution is 2.39. The van der Waals surface area contributed by atoms with Gasteiger partial charge in [0.15, 0.2) is 17.3 Å². The summed E-state index contributed by atoms with van der Waals surface area (Å²) in [6.45, 7) is 0.409. The van der Waals surface area contributed by atoms with E-state index in [1.807, 2.05) is 24.3 Å². The molecule has 4 unspecified atom stereocenters. The Morgan fingerprint density at radius 1 is 1.06 bits per heavy atom. The number of ketones is 1. The summed E-state index contributed by atoms with van der Waals surface area (Å²) >= 11 is 5.92. The van der Waals surface area contributed by atoms with Gasteiger partial charge < -0.3 is 24.1 Å². The Morgan fingerprint density at radius 2 is 1.81 bits per heavy atom. The van der Waals surface area contributed by atoms with Gasteiger partial charge in [0.2, 0.25) is 0 Å². The zero-order valence-electron chi connectivity index (χ0n) is 17.4. The molecule has 4 atom stereocenters. The van der Waals surface area contributed by atoms with Crippen molar-refractivity contribution in [2.24, 2.45) is 5.92 Å². The highest BCUT2D eigenvalue weighted by atomic mass is 35.5. The van der Waals surface area contributed by atoms with E-state index in [4.69, 9.17) is 30.5 Å². The van der Waals surface area contributed by atoms with Crippen molar-refractivity contribution in [1.29, 1.82) is 0 Å². The van der Waals surface area contributed by atoms with Crippen LogP contribution in [0.3, 0.4) is 0 Å². The molecule has 1 fully saturated rings. The molecule has 4 rings (SSSR count). The third-order valence-corrected chi connectivity index (χ3v) is 6.09. The van der Waals surface area contributed by atoms with Gasteiger partial charge in [-0.25, -0.2) is 0 Å². The number of methoxy groups -OCH3 is 2. The molecule has 0 bridgehead atoms. The molecule has 0 amide bonds. The summed E-state index contributed by atoms with van der Waals surface area (Å²) < 4.78 is 22.5. The van der Waals surface area contributed by atoms with Crippen LogP contribution in [0, 0.1) is 5.92 Å². The van der Waals surface area contributed by atoms with Crippen LogP contribution in [0.1, 0.15) is 24.0 Å². The number of carbonyl (C=O) groups excluding carboxylic acids is 1. The van der Waals surface area contributed by atoms with Crippen molar-refractivity contribution in [2.75, 3.05) is 14.2 Å². The minimum Gasteiger partial charge on any atom is -0.496 e. The van der Waals surface area contributed by atoms with Crippen LogP contribution in [-0.2, 0) is 20.9 Å². The van der Waals surface area contributed by atoms with E-state index in [1.54, 1.807) is 32.4 Å². The Morgan fingerprint density at radius 3 is 2.52 bits per heavy atom. The molecular weight excluding hydrogens is 420 g/mol. The SMILES string of the molecule is COc1ccc(C2=COC3CC(OCc4ccc(Cl)cc4)CC(O)C3C2=O)cc1OC. The third kappa shape index (κ3) is 4.56. The third-order valence-electron chi connectivity index (χ3n) is 5.84. The second-order valence-electron chi connectivity index (χ2n) is 7.76. The smallest absolute Gasteiger partial charge is 0.175 e. The van der Waals surface area contributed by atoms with Gasteiger partial charge in [0.25, 0.3) is 0 Å². The van der Waals surface area contributed by atoms with Crippen LogP contribution in [0.25, 0.3) is 5.57 Å². The molecule has 0 radical (unpaired) electrons. The molecule has 0 aromatic heterocycles.